The summed E-state index contributed by atoms with van der Waals surface area (Å²) in [4.78, 5) is 21.7. The van der Waals surface area contributed by atoms with Crippen LogP contribution < -0.4 is 10.6 Å². The lowest BCUT2D eigenvalue weighted by Crippen LogP contribution is -2.51. The number of hydrogen-bond donors (Lipinski definition) is 2. The summed E-state index contributed by atoms with van der Waals surface area (Å²) in [5.41, 5.74) is 6.05. The normalized spacial score (nSPS) is 16.4. The van der Waals surface area contributed by atoms with Gasteiger partial charge >= 0.3 is 0 Å². The number of rotatable bonds is 3. The summed E-state index contributed by atoms with van der Waals surface area (Å²) in [6.07, 6.45) is 3.52. The van der Waals surface area contributed by atoms with Gasteiger partial charge in [0.25, 0.3) is 0 Å². The lowest BCUT2D eigenvalue weighted by Gasteiger charge is -2.35. The van der Waals surface area contributed by atoms with Crippen LogP contribution in [0.2, 0.25) is 0 Å². The minimum Gasteiger partial charge on any atom is -0.370 e. The van der Waals surface area contributed by atoms with Gasteiger partial charge in [-0.1, -0.05) is 20.8 Å². The van der Waals surface area contributed by atoms with Crippen molar-refractivity contribution >= 4 is 11.9 Å². The van der Waals surface area contributed by atoms with Crippen LogP contribution in [0.5, 0.6) is 0 Å². The number of aromatic nitrogens is 5. The maximum absolute atomic E-state index is 6.14. The van der Waals surface area contributed by atoms with Gasteiger partial charge in [0.05, 0.1) is 0 Å². The van der Waals surface area contributed by atoms with Crippen LogP contribution in [0.3, 0.4) is 0 Å². The first-order valence-electron chi connectivity index (χ1n) is 8.42. The molecule has 2 aromatic rings. The second kappa shape index (κ2) is 7.04. The summed E-state index contributed by atoms with van der Waals surface area (Å²) in [5.74, 6) is 2.80. The average Bonchev–Trinajstić information content (AvgIpc) is 3.10. The number of anilines is 1. The molecule has 25 heavy (non-hydrogen) atoms. The van der Waals surface area contributed by atoms with Gasteiger partial charge in [0.15, 0.2) is 11.8 Å². The minimum atomic E-state index is -0.0835. The molecule has 0 aromatic carbocycles. The van der Waals surface area contributed by atoms with E-state index in [2.05, 4.69) is 60.7 Å². The van der Waals surface area contributed by atoms with Crippen LogP contribution in [0.15, 0.2) is 23.5 Å². The molecule has 3 rings (SSSR count). The standard InChI is InChI=1S/C16H25N9/c1-16(2,3)13-21-12(22-23-13)11-20-14(17)24-7-9-25(10-8-24)15-18-5-4-6-19-15/h4-6H,7-11H2,1-3H3,(H2,17,20)(H,21,22,23). The highest BCUT2D eigenvalue weighted by Crippen LogP contribution is 2.17. The lowest BCUT2D eigenvalue weighted by atomic mass is 9.96. The van der Waals surface area contributed by atoms with Crippen molar-refractivity contribution < 1.29 is 0 Å². The van der Waals surface area contributed by atoms with Crippen LogP contribution in [0, 0.1) is 0 Å². The third kappa shape index (κ3) is 4.23. The van der Waals surface area contributed by atoms with Gasteiger partial charge in [-0.2, -0.15) is 5.10 Å². The number of hydrogen-bond acceptors (Lipinski definition) is 6. The average molecular weight is 343 g/mol. The van der Waals surface area contributed by atoms with E-state index in [0.717, 1.165) is 43.8 Å². The van der Waals surface area contributed by atoms with Crippen molar-refractivity contribution in [2.45, 2.75) is 32.7 Å². The van der Waals surface area contributed by atoms with Crippen LogP contribution in [-0.4, -0.2) is 62.2 Å². The Kier molecular flexibility index (Phi) is 4.82. The molecule has 1 aliphatic heterocycles. The molecule has 0 bridgehead atoms. The molecule has 1 saturated heterocycles. The summed E-state index contributed by atoms with van der Waals surface area (Å²) in [7, 11) is 0. The predicted molar refractivity (Wildman–Crippen MR) is 96.2 cm³/mol. The first-order valence-corrected chi connectivity index (χ1v) is 8.42. The van der Waals surface area contributed by atoms with Gasteiger partial charge in [0.2, 0.25) is 5.95 Å². The summed E-state index contributed by atoms with van der Waals surface area (Å²) in [5, 5.41) is 7.17. The zero-order chi connectivity index (χ0) is 17.9. The molecular formula is C16H25N9. The van der Waals surface area contributed by atoms with E-state index in [1.165, 1.54) is 0 Å². The van der Waals surface area contributed by atoms with Gasteiger partial charge in [-0.25, -0.2) is 19.9 Å². The van der Waals surface area contributed by atoms with E-state index in [4.69, 9.17) is 5.73 Å². The molecule has 3 N–H and O–H groups in total. The van der Waals surface area contributed by atoms with Gasteiger partial charge in [-0.05, 0) is 6.07 Å². The fourth-order valence-corrected chi connectivity index (χ4v) is 2.55. The Morgan fingerprint density at radius 2 is 1.88 bits per heavy atom. The minimum absolute atomic E-state index is 0.0835. The molecule has 0 radical (unpaired) electrons. The topological polar surface area (TPSA) is 112 Å². The molecule has 3 heterocycles. The SMILES string of the molecule is CC(C)(C)c1n[nH]c(CN=C(N)N2CCN(c3ncccn3)CC2)n1. The zero-order valence-electron chi connectivity index (χ0n) is 15.0. The first kappa shape index (κ1) is 17.1. The van der Waals surface area contributed by atoms with Crippen LogP contribution in [0.4, 0.5) is 5.95 Å². The summed E-state index contributed by atoms with van der Waals surface area (Å²) in [6, 6.07) is 1.82. The van der Waals surface area contributed by atoms with Crippen molar-refractivity contribution in [1.82, 2.24) is 30.0 Å². The molecule has 0 aliphatic carbocycles. The number of piperazine rings is 1. The number of guanidine groups is 1. The van der Waals surface area contributed by atoms with Gasteiger partial charge in [0, 0.05) is 44.0 Å². The molecule has 0 unspecified atom stereocenters. The molecule has 0 saturated carbocycles. The van der Waals surface area contributed by atoms with Crippen molar-refractivity contribution in [2.75, 3.05) is 31.1 Å². The molecule has 0 amide bonds. The number of H-pyrrole nitrogens is 1. The fraction of sp³-hybridized carbons (Fsp3) is 0.562. The van der Waals surface area contributed by atoms with Gasteiger partial charge in [0.1, 0.15) is 12.4 Å². The molecule has 2 aromatic heterocycles. The zero-order valence-corrected chi connectivity index (χ0v) is 15.0. The molecule has 0 spiro atoms. The summed E-state index contributed by atoms with van der Waals surface area (Å²) < 4.78 is 0. The Balaban J connectivity index is 1.54. The van der Waals surface area contributed by atoms with Gasteiger partial charge < -0.3 is 15.5 Å². The highest BCUT2D eigenvalue weighted by atomic mass is 15.4. The predicted octanol–water partition coefficient (Wildman–Crippen LogP) is 0.529. The van der Waals surface area contributed by atoms with Gasteiger partial charge in [-0.3, -0.25) is 5.10 Å². The Morgan fingerprint density at radius 3 is 2.48 bits per heavy atom. The van der Waals surface area contributed by atoms with E-state index in [9.17, 15) is 0 Å². The quantitative estimate of drug-likeness (QED) is 0.617. The fourth-order valence-electron chi connectivity index (χ4n) is 2.55. The lowest BCUT2D eigenvalue weighted by molar-refractivity contribution is 0.378. The molecule has 9 heteroatoms. The van der Waals surface area contributed by atoms with Crippen LogP contribution >= 0.6 is 0 Å². The second-order valence-corrected chi connectivity index (χ2v) is 7.05. The maximum atomic E-state index is 6.14. The maximum Gasteiger partial charge on any atom is 0.225 e. The summed E-state index contributed by atoms with van der Waals surface area (Å²) in [6.45, 7) is 9.84. The third-order valence-electron chi connectivity index (χ3n) is 4.03. The molecule has 1 aliphatic rings. The van der Waals surface area contributed by atoms with E-state index >= 15 is 0 Å². The van der Waals surface area contributed by atoms with Crippen LogP contribution in [0.25, 0.3) is 0 Å². The Hall–Kier alpha value is -2.71. The molecule has 9 nitrogen and oxygen atoms in total. The van der Waals surface area contributed by atoms with Crippen molar-refractivity contribution in [3.8, 4) is 0 Å². The number of aliphatic imine (C=N–C) groups is 1. The van der Waals surface area contributed by atoms with Gasteiger partial charge in [-0.15, -0.1) is 0 Å². The summed E-state index contributed by atoms with van der Waals surface area (Å²) >= 11 is 0. The molecule has 134 valence electrons. The molecular weight excluding hydrogens is 318 g/mol. The Labute approximate surface area is 147 Å². The Bertz CT molecular complexity index is 709. The highest BCUT2D eigenvalue weighted by Gasteiger charge is 2.21. The number of aromatic amines is 1. The van der Waals surface area contributed by atoms with E-state index < -0.39 is 0 Å². The first-order chi connectivity index (χ1) is 11.9. The van der Waals surface area contributed by atoms with Crippen LogP contribution in [0.1, 0.15) is 32.4 Å². The van der Waals surface area contributed by atoms with E-state index in [1.807, 2.05) is 6.07 Å². The Morgan fingerprint density at radius 1 is 1.20 bits per heavy atom. The third-order valence-corrected chi connectivity index (χ3v) is 4.03. The van der Waals surface area contributed by atoms with Crippen molar-refractivity contribution in [3.05, 3.63) is 30.1 Å². The second-order valence-electron chi connectivity index (χ2n) is 7.05. The van der Waals surface area contributed by atoms with Crippen LogP contribution in [-0.2, 0) is 12.0 Å². The molecule has 1 fully saturated rings. The molecule has 0 atom stereocenters. The van der Waals surface area contributed by atoms with E-state index in [1.54, 1.807) is 12.4 Å². The number of nitrogens with two attached hydrogens (primary N) is 1. The van der Waals surface area contributed by atoms with E-state index in [0.29, 0.717) is 12.5 Å². The van der Waals surface area contributed by atoms with Crippen molar-refractivity contribution in [2.24, 2.45) is 10.7 Å². The highest BCUT2D eigenvalue weighted by molar-refractivity contribution is 5.78. The van der Waals surface area contributed by atoms with Crippen molar-refractivity contribution in [1.29, 1.82) is 0 Å². The van der Waals surface area contributed by atoms with Crippen molar-refractivity contribution in [3.63, 3.8) is 0 Å². The van der Waals surface area contributed by atoms with E-state index in [-0.39, 0.29) is 5.41 Å². The number of nitrogens with one attached hydrogen (secondary N) is 1. The number of nitrogens with zero attached hydrogens (tertiary/aromatic N) is 7. The largest absolute Gasteiger partial charge is 0.370 e. The monoisotopic (exact) mass is 343 g/mol. The smallest absolute Gasteiger partial charge is 0.225 e.